The molecule has 26 heavy (non-hydrogen) atoms. The monoisotopic (exact) mass is 379 g/mol. The van der Waals surface area contributed by atoms with Crippen molar-refractivity contribution in [3.05, 3.63) is 29.8 Å². The van der Waals surface area contributed by atoms with Crippen molar-refractivity contribution in [3.63, 3.8) is 0 Å². The number of likely N-dealkylation sites (tertiary alicyclic amines) is 1. The molecule has 0 spiro atoms. The Bertz CT molecular complexity index is 742. The Morgan fingerprint density at radius 2 is 1.88 bits per heavy atom. The van der Waals surface area contributed by atoms with E-state index in [-0.39, 0.29) is 28.9 Å². The lowest BCUT2D eigenvalue weighted by molar-refractivity contribution is 0.0583. The number of benzene rings is 1. The molecule has 1 amide bonds. The van der Waals surface area contributed by atoms with Gasteiger partial charge in [0.1, 0.15) is 0 Å². The molecule has 0 aromatic heterocycles. The lowest BCUT2D eigenvalue weighted by Gasteiger charge is -2.38. The van der Waals surface area contributed by atoms with Crippen LogP contribution in [-0.2, 0) is 10.0 Å². The quantitative estimate of drug-likeness (QED) is 0.821. The maximum absolute atomic E-state index is 13.0. The van der Waals surface area contributed by atoms with Gasteiger partial charge in [-0.25, -0.2) is 13.1 Å². The molecule has 1 heterocycles. The number of carbonyl (C=O) groups is 1. The zero-order valence-corrected chi connectivity index (χ0v) is 16.2. The van der Waals surface area contributed by atoms with Gasteiger partial charge in [-0.15, -0.1) is 0 Å². The summed E-state index contributed by atoms with van der Waals surface area (Å²) in [6.45, 7) is 2.59. The fraction of sp³-hybridized carbons (Fsp3) is 0.632. The zero-order valence-electron chi connectivity index (χ0n) is 15.4. The number of nitrogens with two attached hydrogens (primary N) is 1. The van der Waals surface area contributed by atoms with Crippen molar-refractivity contribution >= 4 is 15.9 Å². The van der Waals surface area contributed by atoms with Crippen LogP contribution in [0.3, 0.4) is 0 Å². The highest BCUT2D eigenvalue weighted by atomic mass is 32.2. The molecule has 1 aliphatic heterocycles. The van der Waals surface area contributed by atoms with Gasteiger partial charge in [-0.1, -0.05) is 18.9 Å². The van der Waals surface area contributed by atoms with Gasteiger partial charge in [0, 0.05) is 30.2 Å². The number of nitrogens with zero attached hydrogens (tertiary/aromatic N) is 1. The highest BCUT2D eigenvalue weighted by Crippen LogP contribution is 2.24. The molecule has 6 nitrogen and oxygen atoms in total. The highest BCUT2D eigenvalue weighted by Gasteiger charge is 2.30. The molecule has 2 atom stereocenters. The molecular formula is C19H29N3O3S. The first kappa shape index (κ1) is 19.3. The number of nitrogens with one attached hydrogen (secondary N) is 1. The predicted molar refractivity (Wildman–Crippen MR) is 101 cm³/mol. The minimum atomic E-state index is -3.61. The van der Waals surface area contributed by atoms with Gasteiger partial charge in [0.15, 0.2) is 0 Å². The second-order valence-corrected chi connectivity index (χ2v) is 9.27. The van der Waals surface area contributed by atoms with Crippen LogP contribution >= 0.6 is 0 Å². The third kappa shape index (κ3) is 4.27. The molecule has 2 aliphatic rings. The second kappa shape index (κ2) is 8.06. The van der Waals surface area contributed by atoms with Crippen molar-refractivity contribution in [2.75, 3.05) is 6.54 Å². The highest BCUT2D eigenvalue weighted by molar-refractivity contribution is 7.89. The van der Waals surface area contributed by atoms with Crippen LogP contribution in [0.1, 0.15) is 62.2 Å². The minimum Gasteiger partial charge on any atom is -0.334 e. The van der Waals surface area contributed by atoms with E-state index in [1.54, 1.807) is 18.2 Å². The van der Waals surface area contributed by atoms with Crippen molar-refractivity contribution in [1.29, 1.82) is 0 Å². The van der Waals surface area contributed by atoms with E-state index >= 15 is 0 Å². The molecular weight excluding hydrogens is 350 g/mol. The average molecular weight is 380 g/mol. The van der Waals surface area contributed by atoms with Crippen LogP contribution in [-0.4, -0.2) is 43.9 Å². The predicted octanol–water partition coefficient (Wildman–Crippen LogP) is 2.25. The van der Waals surface area contributed by atoms with Gasteiger partial charge in [0.25, 0.3) is 5.91 Å². The topological polar surface area (TPSA) is 92.5 Å². The maximum Gasteiger partial charge on any atom is 0.254 e. The van der Waals surface area contributed by atoms with Crippen LogP contribution in [0.2, 0.25) is 0 Å². The van der Waals surface area contributed by atoms with E-state index < -0.39 is 10.0 Å². The zero-order chi connectivity index (χ0) is 18.7. The van der Waals surface area contributed by atoms with Gasteiger partial charge in [-0.3, -0.25) is 4.79 Å². The summed E-state index contributed by atoms with van der Waals surface area (Å²) in [5, 5.41) is 0. The van der Waals surface area contributed by atoms with Crippen molar-refractivity contribution in [2.24, 2.45) is 5.73 Å². The van der Waals surface area contributed by atoms with Crippen LogP contribution in [0.5, 0.6) is 0 Å². The van der Waals surface area contributed by atoms with Gasteiger partial charge >= 0.3 is 0 Å². The van der Waals surface area contributed by atoms with Gasteiger partial charge in [-0.2, -0.15) is 0 Å². The Morgan fingerprint density at radius 1 is 1.19 bits per heavy atom. The van der Waals surface area contributed by atoms with Gasteiger partial charge in [-0.05, 0) is 57.2 Å². The molecule has 2 unspecified atom stereocenters. The largest absolute Gasteiger partial charge is 0.334 e. The van der Waals surface area contributed by atoms with Crippen LogP contribution < -0.4 is 10.5 Å². The molecule has 1 aliphatic carbocycles. The summed E-state index contributed by atoms with van der Waals surface area (Å²) in [4.78, 5) is 15.0. The normalized spacial score (nSPS) is 23.2. The SMILES string of the molecule is CC(N)C1CCCCN1C(=O)c1cccc(S(=O)(=O)NC2CCCC2)c1. The Labute approximate surface area is 156 Å². The first-order valence-electron chi connectivity index (χ1n) is 9.57. The fourth-order valence-electron chi connectivity index (χ4n) is 4.05. The fourth-order valence-corrected chi connectivity index (χ4v) is 5.40. The van der Waals surface area contributed by atoms with E-state index in [9.17, 15) is 13.2 Å². The number of piperidine rings is 1. The van der Waals surface area contributed by atoms with Crippen LogP contribution in [0.15, 0.2) is 29.2 Å². The summed E-state index contributed by atoms with van der Waals surface area (Å²) in [5.41, 5.74) is 6.47. The first-order chi connectivity index (χ1) is 12.4. The third-order valence-electron chi connectivity index (χ3n) is 5.49. The number of amides is 1. The molecule has 0 radical (unpaired) electrons. The summed E-state index contributed by atoms with van der Waals surface area (Å²) >= 11 is 0. The van der Waals surface area contributed by atoms with Gasteiger partial charge in [0.05, 0.1) is 4.90 Å². The smallest absolute Gasteiger partial charge is 0.254 e. The Kier molecular flexibility index (Phi) is 5.99. The van der Waals surface area contributed by atoms with Crippen molar-refractivity contribution in [1.82, 2.24) is 9.62 Å². The molecule has 2 fully saturated rings. The van der Waals surface area contributed by atoms with E-state index in [0.29, 0.717) is 12.1 Å². The lowest BCUT2D eigenvalue weighted by Crippen LogP contribution is -2.51. The van der Waals surface area contributed by atoms with Crippen LogP contribution in [0.25, 0.3) is 0 Å². The maximum atomic E-state index is 13.0. The molecule has 0 bridgehead atoms. The van der Waals surface area contributed by atoms with Crippen molar-refractivity contribution < 1.29 is 13.2 Å². The third-order valence-corrected chi connectivity index (χ3v) is 7.00. The molecule has 1 aromatic carbocycles. The standard InChI is InChI=1S/C19H29N3O3S/c1-14(20)18-11-4-5-12-22(18)19(23)15-7-6-10-17(13-15)26(24,25)21-16-8-2-3-9-16/h6-7,10,13-14,16,18,21H,2-5,8-9,11-12,20H2,1H3. The first-order valence-corrected chi connectivity index (χ1v) is 11.1. The van der Waals surface area contributed by atoms with Gasteiger partial charge < -0.3 is 10.6 Å². The molecule has 3 rings (SSSR count). The average Bonchev–Trinajstić information content (AvgIpc) is 3.13. The Morgan fingerprint density at radius 3 is 2.58 bits per heavy atom. The Hall–Kier alpha value is -1.44. The molecule has 3 N–H and O–H groups in total. The summed E-state index contributed by atoms with van der Waals surface area (Å²) in [6, 6.07) is 6.28. The van der Waals surface area contributed by atoms with Crippen LogP contribution in [0, 0.1) is 0 Å². The van der Waals surface area contributed by atoms with E-state index in [1.807, 2.05) is 11.8 Å². The van der Waals surface area contributed by atoms with Crippen molar-refractivity contribution in [2.45, 2.75) is 74.9 Å². The number of sulfonamides is 1. The summed E-state index contributed by atoms with van der Waals surface area (Å²) < 4.78 is 28.1. The molecule has 7 heteroatoms. The molecule has 1 aromatic rings. The number of hydrogen-bond acceptors (Lipinski definition) is 4. The van der Waals surface area contributed by atoms with Crippen LogP contribution in [0.4, 0.5) is 0 Å². The van der Waals surface area contributed by atoms with Crippen molar-refractivity contribution in [3.8, 4) is 0 Å². The molecule has 1 saturated carbocycles. The molecule has 144 valence electrons. The summed E-state index contributed by atoms with van der Waals surface area (Å²) in [6.07, 6.45) is 6.78. The Balaban J connectivity index is 1.80. The number of rotatable bonds is 5. The van der Waals surface area contributed by atoms with Gasteiger partial charge in [0.2, 0.25) is 10.0 Å². The summed E-state index contributed by atoms with van der Waals surface area (Å²) in [7, 11) is -3.61. The van der Waals surface area contributed by atoms with E-state index in [2.05, 4.69) is 4.72 Å². The lowest BCUT2D eigenvalue weighted by atomic mass is 9.96. The minimum absolute atomic E-state index is 0.00363. The number of carbonyl (C=O) groups excluding carboxylic acids is 1. The summed E-state index contributed by atoms with van der Waals surface area (Å²) in [5.74, 6) is -0.134. The second-order valence-electron chi connectivity index (χ2n) is 7.55. The van der Waals surface area contributed by atoms with E-state index in [1.165, 1.54) is 6.07 Å². The number of hydrogen-bond donors (Lipinski definition) is 2. The van der Waals surface area contributed by atoms with E-state index in [4.69, 9.17) is 5.73 Å². The molecule has 1 saturated heterocycles. The van der Waals surface area contributed by atoms with E-state index in [0.717, 1.165) is 44.9 Å².